The number of rotatable bonds is 8. The number of aromatic nitrogens is 1. The van der Waals surface area contributed by atoms with Gasteiger partial charge in [-0.25, -0.2) is 5.43 Å². The number of hydrogen-bond acceptors (Lipinski definition) is 3. The van der Waals surface area contributed by atoms with Crippen molar-refractivity contribution in [2.75, 3.05) is 0 Å². The minimum atomic E-state index is -0.772. The molecule has 184 valence electrons. The maximum atomic E-state index is 12.9. The Morgan fingerprint density at radius 1 is 0.972 bits per heavy atom. The Morgan fingerprint density at radius 3 is 2.36 bits per heavy atom. The molecule has 3 aromatic carbocycles. The van der Waals surface area contributed by atoms with E-state index in [9.17, 15) is 9.59 Å². The molecule has 1 aromatic heterocycles. The summed E-state index contributed by atoms with van der Waals surface area (Å²) < 4.78 is 2.24. The fourth-order valence-electron chi connectivity index (χ4n) is 4.22. The van der Waals surface area contributed by atoms with Gasteiger partial charge in [0.1, 0.15) is 6.04 Å². The summed E-state index contributed by atoms with van der Waals surface area (Å²) in [7, 11) is 0. The lowest BCUT2D eigenvalue weighted by Crippen LogP contribution is -2.48. The predicted molar refractivity (Wildman–Crippen MR) is 145 cm³/mol. The van der Waals surface area contributed by atoms with E-state index in [1.807, 2.05) is 57.2 Å². The van der Waals surface area contributed by atoms with Crippen LogP contribution in [0.5, 0.6) is 0 Å². The average Bonchev–Trinajstić information content (AvgIpc) is 3.14. The van der Waals surface area contributed by atoms with Crippen molar-refractivity contribution in [3.05, 3.63) is 106 Å². The monoisotopic (exact) mass is 500 g/mol. The Labute approximate surface area is 216 Å². The number of fused-ring (bicyclic) bond motifs is 1. The SMILES string of the molecule is Cc1c(C=NNC(=O)C(NC(=O)c2ccccc2Cl)C(C)C)c2ccccc2n1Cc1ccccc1. The molecule has 2 N–H and O–H groups in total. The van der Waals surface area contributed by atoms with Crippen LogP contribution in [-0.2, 0) is 11.3 Å². The second kappa shape index (κ2) is 11.2. The van der Waals surface area contributed by atoms with Crippen molar-refractivity contribution < 1.29 is 9.59 Å². The Kier molecular flexibility index (Phi) is 7.86. The van der Waals surface area contributed by atoms with E-state index in [1.54, 1.807) is 30.5 Å². The summed E-state index contributed by atoms with van der Waals surface area (Å²) in [4.78, 5) is 25.7. The van der Waals surface area contributed by atoms with E-state index in [-0.39, 0.29) is 5.92 Å². The summed E-state index contributed by atoms with van der Waals surface area (Å²) in [6.07, 6.45) is 1.67. The lowest BCUT2D eigenvalue weighted by Gasteiger charge is -2.20. The van der Waals surface area contributed by atoms with Gasteiger partial charge in [-0.05, 0) is 36.6 Å². The summed E-state index contributed by atoms with van der Waals surface area (Å²) in [6, 6.07) is 24.4. The quantitative estimate of drug-likeness (QED) is 0.245. The first-order chi connectivity index (χ1) is 17.4. The molecular formula is C29H29ClN4O2. The molecule has 0 aliphatic heterocycles. The van der Waals surface area contributed by atoms with E-state index >= 15 is 0 Å². The lowest BCUT2D eigenvalue weighted by atomic mass is 10.0. The number of amides is 2. The molecule has 0 aliphatic carbocycles. The number of nitrogens with one attached hydrogen (secondary N) is 2. The highest BCUT2D eigenvalue weighted by Crippen LogP contribution is 2.25. The standard InChI is InChI=1S/C29H29ClN4O2/c1-19(2)27(32-28(35)23-14-7-9-15-25(23)30)29(36)33-31-17-24-20(3)34(18-21-11-5-4-6-12-21)26-16-10-8-13-22(24)26/h4-17,19,27H,18H2,1-3H3,(H,32,35)(H,33,36). The van der Waals surface area contributed by atoms with Crippen molar-refractivity contribution >= 4 is 40.5 Å². The van der Waals surface area contributed by atoms with Gasteiger partial charge in [-0.3, -0.25) is 9.59 Å². The van der Waals surface area contributed by atoms with Crippen LogP contribution >= 0.6 is 11.6 Å². The third kappa shape index (κ3) is 5.50. The maximum absolute atomic E-state index is 12.9. The first kappa shape index (κ1) is 25.2. The molecule has 7 heteroatoms. The van der Waals surface area contributed by atoms with Crippen molar-refractivity contribution in [1.82, 2.24) is 15.3 Å². The van der Waals surface area contributed by atoms with Crippen LogP contribution in [0, 0.1) is 12.8 Å². The zero-order valence-corrected chi connectivity index (χ0v) is 21.3. The third-order valence-corrected chi connectivity index (χ3v) is 6.52. The van der Waals surface area contributed by atoms with Gasteiger partial charge < -0.3 is 9.88 Å². The lowest BCUT2D eigenvalue weighted by molar-refractivity contribution is -0.123. The van der Waals surface area contributed by atoms with Crippen LogP contribution in [0.25, 0.3) is 10.9 Å². The third-order valence-electron chi connectivity index (χ3n) is 6.19. The van der Waals surface area contributed by atoms with Crippen LogP contribution < -0.4 is 10.7 Å². The van der Waals surface area contributed by atoms with Crippen molar-refractivity contribution in [3.63, 3.8) is 0 Å². The normalized spacial score (nSPS) is 12.2. The van der Waals surface area contributed by atoms with E-state index in [0.29, 0.717) is 10.6 Å². The van der Waals surface area contributed by atoms with Gasteiger partial charge in [0.05, 0.1) is 16.8 Å². The molecule has 0 bridgehead atoms. The summed E-state index contributed by atoms with van der Waals surface area (Å²) in [5.74, 6) is -0.952. The van der Waals surface area contributed by atoms with Crippen LogP contribution in [0.3, 0.4) is 0 Å². The van der Waals surface area contributed by atoms with Crippen molar-refractivity contribution in [2.24, 2.45) is 11.0 Å². The molecule has 0 aliphatic rings. The molecule has 4 aromatic rings. The number of nitrogens with zero attached hydrogens (tertiary/aromatic N) is 2. The van der Waals surface area contributed by atoms with E-state index in [2.05, 4.69) is 38.6 Å². The van der Waals surface area contributed by atoms with E-state index < -0.39 is 17.9 Å². The second-order valence-corrected chi connectivity index (χ2v) is 9.40. The molecule has 0 saturated carbocycles. The van der Waals surface area contributed by atoms with Crippen LogP contribution in [-0.4, -0.2) is 28.6 Å². The topological polar surface area (TPSA) is 75.5 Å². The van der Waals surface area contributed by atoms with Crippen molar-refractivity contribution in [1.29, 1.82) is 0 Å². The van der Waals surface area contributed by atoms with Gasteiger partial charge in [0.15, 0.2) is 0 Å². The molecule has 0 fully saturated rings. The Balaban J connectivity index is 1.53. The fourth-order valence-corrected chi connectivity index (χ4v) is 4.44. The first-order valence-electron chi connectivity index (χ1n) is 11.9. The highest BCUT2D eigenvalue weighted by molar-refractivity contribution is 6.33. The summed E-state index contributed by atoms with van der Waals surface area (Å²) >= 11 is 6.14. The van der Waals surface area contributed by atoms with Crippen LogP contribution in [0.15, 0.2) is 84.0 Å². The number of halogens is 1. The van der Waals surface area contributed by atoms with Crippen molar-refractivity contribution in [3.8, 4) is 0 Å². The number of benzene rings is 3. The molecule has 0 radical (unpaired) electrons. The van der Waals surface area contributed by atoms with Crippen molar-refractivity contribution in [2.45, 2.75) is 33.4 Å². The smallest absolute Gasteiger partial charge is 0.262 e. The summed E-state index contributed by atoms with van der Waals surface area (Å²) in [6.45, 7) is 6.51. The number of hydrazone groups is 1. The highest BCUT2D eigenvalue weighted by atomic mass is 35.5. The molecular weight excluding hydrogens is 472 g/mol. The predicted octanol–water partition coefficient (Wildman–Crippen LogP) is 5.56. The molecule has 4 rings (SSSR count). The first-order valence-corrected chi connectivity index (χ1v) is 12.2. The summed E-state index contributed by atoms with van der Waals surface area (Å²) in [5.41, 5.74) is 7.21. The zero-order valence-electron chi connectivity index (χ0n) is 20.5. The zero-order chi connectivity index (χ0) is 25.7. The van der Waals surface area contributed by atoms with E-state index in [1.165, 1.54) is 5.56 Å². The minimum absolute atomic E-state index is 0.152. The van der Waals surface area contributed by atoms with Crippen LogP contribution in [0.1, 0.15) is 41.0 Å². The molecule has 2 amide bonds. The van der Waals surface area contributed by atoms with Gasteiger partial charge in [-0.15, -0.1) is 0 Å². The van der Waals surface area contributed by atoms with Crippen LogP contribution in [0.2, 0.25) is 5.02 Å². The van der Waals surface area contributed by atoms with E-state index in [4.69, 9.17) is 11.6 Å². The Hall–Kier alpha value is -3.90. The second-order valence-electron chi connectivity index (χ2n) is 9.00. The Morgan fingerprint density at radius 2 is 1.64 bits per heavy atom. The number of hydrogen-bond donors (Lipinski definition) is 2. The van der Waals surface area contributed by atoms with Gasteiger partial charge in [0, 0.05) is 28.7 Å². The van der Waals surface area contributed by atoms with Gasteiger partial charge >= 0.3 is 0 Å². The average molecular weight is 501 g/mol. The van der Waals surface area contributed by atoms with Gasteiger partial charge in [0.25, 0.3) is 11.8 Å². The van der Waals surface area contributed by atoms with Gasteiger partial charge in [-0.1, -0.05) is 86.1 Å². The minimum Gasteiger partial charge on any atom is -0.340 e. The van der Waals surface area contributed by atoms with Crippen LogP contribution in [0.4, 0.5) is 0 Å². The molecule has 1 heterocycles. The fraction of sp³-hybridized carbons (Fsp3) is 0.207. The number of carbonyl (C=O) groups is 2. The number of carbonyl (C=O) groups excluding carboxylic acids is 2. The Bertz CT molecular complexity index is 1410. The molecule has 6 nitrogen and oxygen atoms in total. The van der Waals surface area contributed by atoms with E-state index in [0.717, 1.165) is 28.7 Å². The van der Waals surface area contributed by atoms with Gasteiger partial charge in [0.2, 0.25) is 0 Å². The molecule has 1 unspecified atom stereocenters. The molecule has 0 spiro atoms. The number of para-hydroxylation sites is 1. The molecule has 36 heavy (non-hydrogen) atoms. The van der Waals surface area contributed by atoms with Gasteiger partial charge in [-0.2, -0.15) is 5.10 Å². The maximum Gasteiger partial charge on any atom is 0.262 e. The molecule has 0 saturated heterocycles. The molecule has 1 atom stereocenters. The largest absolute Gasteiger partial charge is 0.340 e. The summed E-state index contributed by atoms with van der Waals surface area (Å²) in [5, 5.41) is 8.42. The highest BCUT2D eigenvalue weighted by Gasteiger charge is 2.25.